The van der Waals surface area contributed by atoms with Crippen LogP contribution in [0.2, 0.25) is 0 Å². The van der Waals surface area contributed by atoms with E-state index in [1.165, 1.54) is 24.6 Å². The minimum atomic E-state index is -3.09. The molecule has 5 rings (SSSR count). The van der Waals surface area contributed by atoms with Crippen molar-refractivity contribution in [3.05, 3.63) is 54.2 Å². The Morgan fingerprint density at radius 2 is 1.64 bits per heavy atom. The van der Waals surface area contributed by atoms with Gasteiger partial charge in [0.15, 0.2) is 17.4 Å². The lowest BCUT2D eigenvalue weighted by molar-refractivity contribution is 0.270. The van der Waals surface area contributed by atoms with Crippen molar-refractivity contribution in [3.63, 3.8) is 0 Å². The minimum Gasteiger partial charge on any atom is -0.497 e. The average Bonchev–Trinajstić information content (AvgIpc) is 3.44. The second-order valence-electron chi connectivity index (χ2n) is 10.5. The zero-order valence-corrected chi connectivity index (χ0v) is 26.2. The standard InChI is InChI=1S/C30H35F2N7O5S/c1-5-33-30-37-26(19-14-21(42-2)18-22(15-19)43-3)28(44-30)25-6-7-34-29(36-25)35-20-16-23(31)27(24(32)17-20)39-10-8-38(9-11-39)12-13-45(4,40)41/h6-7,14-18H,5,8-13H2,1-4H3,(H,33,37)(H,34,35,36). The molecule has 12 nitrogen and oxygen atoms in total. The smallest absolute Gasteiger partial charge is 0.295 e. The van der Waals surface area contributed by atoms with Crippen LogP contribution in [-0.4, -0.2) is 93.8 Å². The van der Waals surface area contributed by atoms with Gasteiger partial charge in [0.1, 0.15) is 38.4 Å². The number of hydrogen-bond donors (Lipinski definition) is 2. The Labute approximate surface area is 260 Å². The summed E-state index contributed by atoms with van der Waals surface area (Å²) in [4.78, 5) is 17.0. The molecule has 2 N–H and O–H groups in total. The molecule has 0 unspecified atom stereocenters. The van der Waals surface area contributed by atoms with Crippen LogP contribution in [-0.2, 0) is 9.84 Å². The molecule has 0 amide bonds. The summed E-state index contributed by atoms with van der Waals surface area (Å²) in [6.07, 6.45) is 2.69. The Bertz CT molecular complexity index is 1720. The molecule has 1 saturated heterocycles. The van der Waals surface area contributed by atoms with Crippen molar-refractivity contribution in [3.8, 4) is 34.2 Å². The van der Waals surface area contributed by atoms with Crippen molar-refractivity contribution in [2.24, 2.45) is 0 Å². The summed E-state index contributed by atoms with van der Waals surface area (Å²) in [5, 5.41) is 5.95. The predicted molar refractivity (Wildman–Crippen MR) is 168 cm³/mol. The molecule has 1 aliphatic heterocycles. The number of piperazine rings is 1. The molecule has 0 aliphatic carbocycles. The molecular formula is C30H35F2N7O5S. The predicted octanol–water partition coefficient (Wildman–Crippen LogP) is 4.44. The maximum absolute atomic E-state index is 15.3. The molecule has 0 bridgehead atoms. The van der Waals surface area contributed by atoms with Gasteiger partial charge >= 0.3 is 0 Å². The van der Waals surface area contributed by atoms with Crippen LogP contribution >= 0.6 is 0 Å². The Morgan fingerprint density at radius 3 is 2.24 bits per heavy atom. The number of rotatable bonds is 12. The van der Waals surface area contributed by atoms with Crippen LogP contribution in [0.3, 0.4) is 0 Å². The van der Waals surface area contributed by atoms with Gasteiger partial charge in [-0.25, -0.2) is 27.2 Å². The number of oxazole rings is 1. The molecule has 15 heteroatoms. The molecule has 0 saturated carbocycles. The van der Waals surface area contributed by atoms with Gasteiger partial charge in [0.25, 0.3) is 6.01 Å². The van der Waals surface area contributed by atoms with Crippen molar-refractivity contribution in [2.45, 2.75) is 6.92 Å². The third-order valence-electron chi connectivity index (χ3n) is 7.21. The summed E-state index contributed by atoms with van der Waals surface area (Å²) in [6.45, 7) is 4.60. The second-order valence-corrected chi connectivity index (χ2v) is 12.7. The van der Waals surface area contributed by atoms with E-state index in [0.29, 0.717) is 73.5 Å². The molecule has 1 aliphatic rings. The number of benzene rings is 2. The van der Waals surface area contributed by atoms with E-state index in [-0.39, 0.29) is 29.1 Å². The maximum Gasteiger partial charge on any atom is 0.295 e. The minimum absolute atomic E-state index is 0.0453. The Kier molecular flexibility index (Phi) is 9.68. The van der Waals surface area contributed by atoms with Crippen LogP contribution in [0.1, 0.15) is 6.92 Å². The second kappa shape index (κ2) is 13.6. The van der Waals surface area contributed by atoms with Gasteiger partial charge in [-0.1, -0.05) is 0 Å². The highest BCUT2D eigenvalue weighted by Gasteiger charge is 2.24. The first kappa shape index (κ1) is 31.9. The van der Waals surface area contributed by atoms with E-state index in [0.717, 1.165) is 0 Å². The van der Waals surface area contributed by atoms with Crippen LogP contribution in [0, 0.1) is 11.6 Å². The lowest BCUT2D eigenvalue weighted by atomic mass is 10.1. The van der Waals surface area contributed by atoms with Gasteiger partial charge in [0.2, 0.25) is 5.95 Å². The van der Waals surface area contributed by atoms with E-state index in [1.54, 1.807) is 43.4 Å². The molecule has 1 fully saturated rings. The molecule has 3 heterocycles. The van der Waals surface area contributed by atoms with Gasteiger partial charge in [-0.05, 0) is 37.3 Å². The van der Waals surface area contributed by atoms with Crippen LogP contribution in [0.15, 0.2) is 47.0 Å². The number of ether oxygens (including phenoxy) is 2. The summed E-state index contributed by atoms with van der Waals surface area (Å²) in [5.74, 6) is 0.133. The van der Waals surface area contributed by atoms with Crippen LogP contribution < -0.4 is 25.0 Å². The molecule has 0 atom stereocenters. The van der Waals surface area contributed by atoms with Gasteiger partial charge < -0.3 is 29.4 Å². The van der Waals surface area contributed by atoms with Crippen LogP contribution in [0.5, 0.6) is 11.5 Å². The lowest BCUT2D eigenvalue weighted by Gasteiger charge is -2.36. The number of nitrogens with one attached hydrogen (secondary N) is 2. The first-order valence-corrected chi connectivity index (χ1v) is 16.4. The number of anilines is 4. The fourth-order valence-corrected chi connectivity index (χ4v) is 5.55. The largest absolute Gasteiger partial charge is 0.497 e. The molecular weight excluding hydrogens is 608 g/mol. The van der Waals surface area contributed by atoms with Crippen LogP contribution in [0.25, 0.3) is 22.7 Å². The van der Waals surface area contributed by atoms with Crippen molar-refractivity contribution in [1.82, 2.24) is 19.9 Å². The summed E-state index contributed by atoms with van der Waals surface area (Å²) in [6, 6.07) is 9.64. The van der Waals surface area contributed by atoms with Crippen molar-refractivity contribution >= 4 is 33.2 Å². The number of sulfone groups is 1. The zero-order valence-electron chi connectivity index (χ0n) is 25.4. The highest BCUT2D eigenvalue weighted by atomic mass is 32.2. The van der Waals surface area contributed by atoms with Gasteiger partial charge in [-0.3, -0.25) is 4.90 Å². The topological polar surface area (TPSA) is 135 Å². The van der Waals surface area contributed by atoms with E-state index >= 15 is 8.78 Å². The molecule has 2 aromatic heterocycles. The normalized spacial score (nSPS) is 14.0. The van der Waals surface area contributed by atoms with Crippen molar-refractivity contribution < 1.29 is 31.1 Å². The molecule has 2 aromatic carbocycles. The summed E-state index contributed by atoms with van der Waals surface area (Å²) < 4.78 is 70.4. The van der Waals surface area contributed by atoms with E-state index < -0.39 is 21.5 Å². The number of methoxy groups -OCH3 is 2. The van der Waals surface area contributed by atoms with Gasteiger partial charge in [-0.15, -0.1) is 0 Å². The SMILES string of the molecule is CCNc1nc(-c2cc(OC)cc(OC)c2)c(-c2ccnc(Nc3cc(F)c(N4CCN(CCS(C)(=O)=O)CC4)c(F)c3)n2)o1. The van der Waals surface area contributed by atoms with Gasteiger partial charge in [-0.2, -0.15) is 4.98 Å². The average molecular weight is 644 g/mol. The van der Waals surface area contributed by atoms with E-state index in [9.17, 15) is 8.42 Å². The van der Waals surface area contributed by atoms with E-state index in [1.807, 2.05) is 11.8 Å². The highest BCUT2D eigenvalue weighted by Crippen LogP contribution is 2.37. The van der Waals surface area contributed by atoms with Gasteiger partial charge in [0, 0.05) is 69.0 Å². The number of aromatic nitrogens is 3. The summed E-state index contributed by atoms with van der Waals surface area (Å²) >= 11 is 0. The van der Waals surface area contributed by atoms with Crippen LogP contribution in [0.4, 0.5) is 32.1 Å². The lowest BCUT2D eigenvalue weighted by Crippen LogP contribution is -2.48. The first-order chi connectivity index (χ1) is 21.6. The van der Waals surface area contributed by atoms with Crippen molar-refractivity contribution in [2.75, 3.05) is 81.0 Å². The van der Waals surface area contributed by atoms with E-state index in [4.69, 9.17) is 13.9 Å². The molecule has 0 spiro atoms. The fourth-order valence-electron chi connectivity index (χ4n) is 4.96. The number of nitrogens with zero attached hydrogens (tertiary/aromatic N) is 5. The zero-order chi connectivity index (χ0) is 32.1. The quantitative estimate of drug-likeness (QED) is 0.226. The molecule has 4 aromatic rings. The molecule has 45 heavy (non-hydrogen) atoms. The first-order valence-electron chi connectivity index (χ1n) is 14.3. The summed E-state index contributed by atoms with van der Waals surface area (Å²) in [5.41, 5.74) is 1.52. The van der Waals surface area contributed by atoms with E-state index in [2.05, 4.69) is 25.6 Å². The van der Waals surface area contributed by atoms with Crippen molar-refractivity contribution in [1.29, 1.82) is 0 Å². The fraction of sp³-hybridized carbons (Fsp3) is 0.367. The number of halogens is 2. The summed E-state index contributed by atoms with van der Waals surface area (Å²) in [7, 11) is 0.0200. The van der Waals surface area contributed by atoms with Gasteiger partial charge in [0.05, 0.1) is 20.0 Å². The Hall–Kier alpha value is -4.50. The monoisotopic (exact) mass is 643 g/mol. The number of hydrogen-bond acceptors (Lipinski definition) is 12. The maximum atomic E-state index is 15.3. The molecule has 0 radical (unpaired) electrons. The third-order valence-corrected chi connectivity index (χ3v) is 8.13. The highest BCUT2D eigenvalue weighted by molar-refractivity contribution is 7.90. The molecule has 240 valence electrons. The Balaban J connectivity index is 1.37. The Morgan fingerprint density at radius 1 is 0.978 bits per heavy atom. The third kappa shape index (κ3) is 7.78.